The molecule has 0 spiro atoms. The Bertz CT molecular complexity index is 958. The van der Waals surface area contributed by atoms with Crippen molar-refractivity contribution in [1.29, 1.82) is 0 Å². The lowest BCUT2D eigenvalue weighted by molar-refractivity contribution is -0.394. The zero-order valence-corrected chi connectivity index (χ0v) is 14.1. The monoisotopic (exact) mass is 387 g/mol. The van der Waals surface area contributed by atoms with Crippen LogP contribution in [-0.4, -0.2) is 32.6 Å². The van der Waals surface area contributed by atoms with E-state index in [1.807, 2.05) is 0 Å². The van der Waals surface area contributed by atoms with Crippen molar-refractivity contribution in [3.8, 4) is 0 Å². The van der Waals surface area contributed by atoms with Gasteiger partial charge in [0.25, 0.3) is 23.1 Å². The van der Waals surface area contributed by atoms with Gasteiger partial charge in [0.1, 0.15) is 5.56 Å². The van der Waals surface area contributed by atoms with Gasteiger partial charge in [-0.15, -0.1) is 0 Å². The molecule has 11 heteroatoms. The third-order valence-corrected chi connectivity index (χ3v) is 3.73. The van der Waals surface area contributed by atoms with E-state index in [0.29, 0.717) is 11.6 Å². The Morgan fingerprint density at radius 1 is 1.00 bits per heavy atom. The lowest BCUT2D eigenvalue weighted by Gasteiger charge is -2.17. The highest BCUT2D eigenvalue weighted by Crippen LogP contribution is 2.25. The molecule has 1 amide bonds. The van der Waals surface area contributed by atoms with E-state index in [9.17, 15) is 34.6 Å². The topological polar surface area (TPSA) is 170 Å². The van der Waals surface area contributed by atoms with Crippen LogP contribution in [0, 0.1) is 20.2 Å². The number of nitrogens with zero attached hydrogens (tertiary/aromatic N) is 2. The van der Waals surface area contributed by atoms with Crippen molar-refractivity contribution in [2.24, 2.45) is 0 Å². The van der Waals surface area contributed by atoms with Crippen LogP contribution in [0.1, 0.15) is 28.4 Å². The van der Waals surface area contributed by atoms with Gasteiger partial charge in [-0.1, -0.05) is 30.3 Å². The standard InChI is InChI=1S/C17H13N3O8/c21-15(22)9-13(10-4-2-1-3-5-10)18-17(24)16(23)12-7-6-11(19(25)26)8-14(12)20(27)28/h1-8,13H,9H2,(H,18,24)(H,21,22). The van der Waals surface area contributed by atoms with Gasteiger partial charge < -0.3 is 10.4 Å². The van der Waals surface area contributed by atoms with Gasteiger partial charge in [-0.25, -0.2) is 0 Å². The Balaban J connectivity index is 2.32. The number of aliphatic carboxylic acids is 1. The quantitative estimate of drug-likeness (QED) is 0.300. The number of benzene rings is 2. The summed E-state index contributed by atoms with van der Waals surface area (Å²) < 4.78 is 0. The molecule has 0 aromatic heterocycles. The van der Waals surface area contributed by atoms with E-state index < -0.39 is 56.9 Å². The predicted molar refractivity (Wildman–Crippen MR) is 93.7 cm³/mol. The maximum Gasteiger partial charge on any atom is 0.305 e. The summed E-state index contributed by atoms with van der Waals surface area (Å²) in [6.07, 6.45) is -0.522. The Morgan fingerprint density at radius 2 is 1.64 bits per heavy atom. The molecule has 0 aliphatic heterocycles. The van der Waals surface area contributed by atoms with Crippen LogP contribution in [0.15, 0.2) is 48.5 Å². The molecule has 0 saturated carbocycles. The van der Waals surface area contributed by atoms with E-state index >= 15 is 0 Å². The van der Waals surface area contributed by atoms with Crippen LogP contribution in [0.5, 0.6) is 0 Å². The number of nitrogens with one attached hydrogen (secondary N) is 1. The number of hydrogen-bond acceptors (Lipinski definition) is 7. The fourth-order valence-corrected chi connectivity index (χ4v) is 2.43. The van der Waals surface area contributed by atoms with Crippen LogP contribution >= 0.6 is 0 Å². The molecule has 2 aromatic rings. The number of carbonyl (C=O) groups is 3. The lowest BCUT2D eigenvalue weighted by atomic mass is 10.0. The number of ketones is 1. The summed E-state index contributed by atoms with van der Waals surface area (Å²) >= 11 is 0. The lowest BCUT2D eigenvalue weighted by Crippen LogP contribution is -2.35. The maximum absolute atomic E-state index is 12.4. The second-order valence-corrected chi connectivity index (χ2v) is 5.58. The van der Waals surface area contributed by atoms with Crippen LogP contribution < -0.4 is 5.32 Å². The molecule has 1 atom stereocenters. The SMILES string of the molecule is O=C(O)CC(NC(=O)C(=O)c1ccc([N+](=O)[O-])cc1[N+](=O)[O-])c1ccccc1. The summed E-state index contributed by atoms with van der Waals surface area (Å²) in [5.41, 5.74) is -1.74. The first kappa shape index (κ1) is 20.2. The predicted octanol–water partition coefficient (Wildman–Crippen LogP) is 2.02. The summed E-state index contributed by atoms with van der Waals surface area (Å²) in [6, 6.07) is 9.19. The molecule has 2 rings (SSSR count). The van der Waals surface area contributed by atoms with Crippen LogP contribution in [0.3, 0.4) is 0 Å². The molecule has 2 N–H and O–H groups in total. The average molecular weight is 387 g/mol. The van der Waals surface area contributed by atoms with E-state index in [0.717, 1.165) is 12.1 Å². The molecule has 0 saturated heterocycles. The fraction of sp³-hybridized carbons (Fsp3) is 0.118. The van der Waals surface area contributed by atoms with E-state index in [-0.39, 0.29) is 0 Å². The van der Waals surface area contributed by atoms with Gasteiger partial charge in [-0.05, 0) is 11.6 Å². The first-order valence-corrected chi connectivity index (χ1v) is 7.75. The Kier molecular flexibility index (Phi) is 6.11. The smallest absolute Gasteiger partial charge is 0.305 e. The number of amides is 1. The van der Waals surface area contributed by atoms with Crippen LogP contribution in [0.25, 0.3) is 0 Å². The normalized spacial score (nSPS) is 11.3. The number of nitro groups is 2. The Hall–Kier alpha value is -4.15. The van der Waals surface area contributed by atoms with Crippen molar-refractivity contribution in [2.75, 3.05) is 0 Å². The molecule has 2 aromatic carbocycles. The molecule has 11 nitrogen and oxygen atoms in total. The molecular weight excluding hydrogens is 374 g/mol. The van der Waals surface area contributed by atoms with Crippen molar-refractivity contribution < 1.29 is 29.3 Å². The van der Waals surface area contributed by atoms with Crippen molar-refractivity contribution in [1.82, 2.24) is 5.32 Å². The number of carboxylic acid groups (broad SMARTS) is 1. The summed E-state index contributed by atoms with van der Waals surface area (Å²) in [5.74, 6) is -3.82. The highest BCUT2D eigenvalue weighted by molar-refractivity contribution is 6.43. The zero-order chi connectivity index (χ0) is 20.8. The average Bonchev–Trinajstić information content (AvgIpc) is 2.66. The number of nitro benzene ring substituents is 2. The number of Topliss-reactive ketones (excluding diaryl/α,β-unsaturated/α-hetero) is 1. The fourth-order valence-electron chi connectivity index (χ4n) is 2.43. The Labute approximate surface area is 156 Å². The van der Waals surface area contributed by atoms with Gasteiger partial charge in [0, 0.05) is 6.07 Å². The summed E-state index contributed by atoms with van der Waals surface area (Å²) in [5, 5.41) is 33.2. The minimum Gasteiger partial charge on any atom is -0.481 e. The summed E-state index contributed by atoms with van der Waals surface area (Å²) in [4.78, 5) is 55.7. The zero-order valence-electron chi connectivity index (χ0n) is 14.1. The van der Waals surface area contributed by atoms with E-state index in [1.165, 1.54) is 0 Å². The van der Waals surface area contributed by atoms with Crippen molar-refractivity contribution >= 4 is 29.0 Å². The molecule has 0 aliphatic carbocycles. The maximum atomic E-state index is 12.4. The minimum absolute atomic E-state index is 0.421. The first-order valence-electron chi connectivity index (χ1n) is 7.75. The largest absolute Gasteiger partial charge is 0.481 e. The number of hydrogen-bond donors (Lipinski definition) is 2. The molecule has 28 heavy (non-hydrogen) atoms. The van der Waals surface area contributed by atoms with Gasteiger partial charge >= 0.3 is 5.97 Å². The van der Waals surface area contributed by atoms with Gasteiger partial charge in [-0.3, -0.25) is 34.6 Å². The van der Waals surface area contributed by atoms with Crippen LogP contribution in [0.2, 0.25) is 0 Å². The van der Waals surface area contributed by atoms with Crippen molar-refractivity contribution in [3.63, 3.8) is 0 Å². The molecule has 144 valence electrons. The molecule has 0 radical (unpaired) electrons. The molecule has 0 fully saturated rings. The van der Waals surface area contributed by atoms with Gasteiger partial charge in [0.05, 0.1) is 28.4 Å². The molecule has 0 heterocycles. The van der Waals surface area contributed by atoms with Crippen molar-refractivity contribution in [3.05, 3.63) is 79.9 Å². The van der Waals surface area contributed by atoms with E-state index in [4.69, 9.17) is 5.11 Å². The second kappa shape index (κ2) is 8.49. The first-order chi connectivity index (χ1) is 13.2. The number of carbonyl (C=O) groups excluding carboxylic acids is 2. The van der Waals surface area contributed by atoms with Crippen LogP contribution in [-0.2, 0) is 9.59 Å². The van der Waals surface area contributed by atoms with E-state index in [2.05, 4.69) is 5.32 Å². The van der Waals surface area contributed by atoms with Crippen molar-refractivity contribution in [2.45, 2.75) is 12.5 Å². The number of rotatable bonds is 8. The third-order valence-electron chi connectivity index (χ3n) is 3.73. The number of carboxylic acids is 1. The molecular formula is C17H13N3O8. The van der Waals surface area contributed by atoms with Gasteiger partial charge in [0.2, 0.25) is 0 Å². The summed E-state index contributed by atoms with van der Waals surface area (Å²) in [7, 11) is 0. The summed E-state index contributed by atoms with van der Waals surface area (Å²) in [6.45, 7) is 0. The van der Waals surface area contributed by atoms with Crippen LogP contribution in [0.4, 0.5) is 11.4 Å². The molecule has 0 bridgehead atoms. The van der Waals surface area contributed by atoms with Gasteiger partial charge in [0.15, 0.2) is 0 Å². The Morgan fingerprint density at radius 3 is 2.18 bits per heavy atom. The second-order valence-electron chi connectivity index (χ2n) is 5.58. The molecule has 0 aliphatic rings. The highest BCUT2D eigenvalue weighted by atomic mass is 16.6. The highest BCUT2D eigenvalue weighted by Gasteiger charge is 2.30. The molecule has 1 unspecified atom stereocenters. The van der Waals surface area contributed by atoms with Gasteiger partial charge in [-0.2, -0.15) is 0 Å². The number of non-ortho nitro benzene ring substituents is 1. The minimum atomic E-state index is -1.31. The van der Waals surface area contributed by atoms with E-state index in [1.54, 1.807) is 30.3 Å². The third kappa shape index (κ3) is 4.72.